The maximum Gasteiger partial charge on any atom is 0.0933 e. The first-order chi connectivity index (χ1) is 8.04. The zero-order valence-electron chi connectivity index (χ0n) is 11.8. The summed E-state index contributed by atoms with van der Waals surface area (Å²) in [4.78, 5) is 5.99. The molecule has 0 aliphatic carbocycles. The first-order valence-corrected chi connectivity index (χ1v) is 7.49. The van der Waals surface area contributed by atoms with E-state index in [0.29, 0.717) is 11.8 Å². The van der Waals surface area contributed by atoms with Gasteiger partial charge in [0, 0.05) is 11.3 Å². The molecule has 0 fully saturated rings. The van der Waals surface area contributed by atoms with E-state index in [1.54, 1.807) is 0 Å². The van der Waals surface area contributed by atoms with E-state index >= 15 is 0 Å². The molecule has 98 valence electrons. The summed E-state index contributed by atoms with van der Waals surface area (Å²) in [5, 5.41) is 4.80. The molecule has 0 aliphatic rings. The highest BCUT2D eigenvalue weighted by Crippen LogP contribution is 2.22. The fourth-order valence-corrected chi connectivity index (χ4v) is 2.89. The SMILES string of the molecule is CCCNCC(C)C(C)Cc1nc(C)c(C)s1. The Bertz CT molecular complexity index is 313. The van der Waals surface area contributed by atoms with E-state index in [-0.39, 0.29) is 0 Å². The molecule has 17 heavy (non-hydrogen) atoms. The number of hydrogen-bond donors (Lipinski definition) is 1. The van der Waals surface area contributed by atoms with Crippen molar-refractivity contribution in [3.05, 3.63) is 15.6 Å². The number of nitrogens with zero attached hydrogens (tertiary/aromatic N) is 1. The van der Waals surface area contributed by atoms with E-state index in [2.05, 4.69) is 44.9 Å². The maximum atomic E-state index is 4.63. The standard InChI is InChI=1S/C14H26N2S/c1-6-7-15-9-11(3)10(2)8-14-16-12(4)13(5)17-14/h10-11,15H,6-9H2,1-5H3. The number of aryl methyl sites for hydroxylation is 2. The van der Waals surface area contributed by atoms with Gasteiger partial charge in [-0.25, -0.2) is 4.98 Å². The van der Waals surface area contributed by atoms with Crippen molar-refractivity contribution in [2.45, 2.75) is 47.5 Å². The zero-order chi connectivity index (χ0) is 12.8. The number of nitrogens with one attached hydrogen (secondary N) is 1. The number of rotatable bonds is 7. The van der Waals surface area contributed by atoms with Crippen molar-refractivity contribution in [1.82, 2.24) is 10.3 Å². The van der Waals surface area contributed by atoms with Crippen molar-refractivity contribution in [2.75, 3.05) is 13.1 Å². The Morgan fingerprint density at radius 3 is 2.47 bits per heavy atom. The molecule has 0 amide bonds. The van der Waals surface area contributed by atoms with Gasteiger partial charge in [0.15, 0.2) is 0 Å². The van der Waals surface area contributed by atoms with Gasteiger partial charge in [0.1, 0.15) is 0 Å². The van der Waals surface area contributed by atoms with Crippen LogP contribution in [0.5, 0.6) is 0 Å². The van der Waals surface area contributed by atoms with Gasteiger partial charge in [-0.2, -0.15) is 0 Å². The topological polar surface area (TPSA) is 24.9 Å². The average molecular weight is 254 g/mol. The molecule has 0 saturated heterocycles. The van der Waals surface area contributed by atoms with E-state index in [0.717, 1.165) is 19.5 Å². The zero-order valence-corrected chi connectivity index (χ0v) is 12.7. The molecule has 0 aromatic carbocycles. The molecule has 1 aromatic heterocycles. The van der Waals surface area contributed by atoms with Crippen LogP contribution in [0.25, 0.3) is 0 Å². The minimum atomic E-state index is 0.698. The molecule has 1 aromatic rings. The smallest absolute Gasteiger partial charge is 0.0933 e. The molecule has 0 spiro atoms. The summed E-state index contributed by atoms with van der Waals surface area (Å²) in [5.41, 5.74) is 1.20. The lowest BCUT2D eigenvalue weighted by Crippen LogP contribution is -2.26. The van der Waals surface area contributed by atoms with Gasteiger partial charge in [0.05, 0.1) is 10.7 Å². The summed E-state index contributed by atoms with van der Waals surface area (Å²) in [6.45, 7) is 13.4. The van der Waals surface area contributed by atoms with Crippen LogP contribution in [-0.4, -0.2) is 18.1 Å². The molecule has 1 N–H and O–H groups in total. The minimum Gasteiger partial charge on any atom is -0.316 e. The molecule has 1 rings (SSSR count). The average Bonchev–Trinajstić information content (AvgIpc) is 2.58. The number of aromatic nitrogens is 1. The van der Waals surface area contributed by atoms with Gasteiger partial charge in [-0.3, -0.25) is 0 Å². The second-order valence-corrected chi connectivity index (χ2v) is 6.40. The molecule has 2 nitrogen and oxygen atoms in total. The fraction of sp³-hybridized carbons (Fsp3) is 0.786. The van der Waals surface area contributed by atoms with Crippen LogP contribution >= 0.6 is 11.3 Å². The van der Waals surface area contributed by atoms with E-state index in [4.69, 9.17) is 0 Å². The van der Waals surface area contributed by atoms with Crippen LogP contribution < -0.4 is 5.32 Å². The third-order valence-electron chi connectivity index (χ3n) is 3.43. The Balaban J connectivity index is 2.39. The van der Waals surface area contributed by atoms with Crippen LogP contribution in [0.1, 0.15) is 42.8 Å². The van der Waals surface area contributed by atoms with E-state index < -0.39 is 0 Å². The van der Waals surface area contributed by atoms with Crippen LogP contribution in [0, 0.1) is 25.7 Å². The predicted octanol–water partition coefficient (Wildman–Crippen LogP) is 3.57. The Morgan fingerprint density at radius 2 is 1.94 bits per heavy atom. The van der Waals surface area contributed by atoms with Gasteiger partial charge in [-0.1, -0.05) is 20.8 Å². The lowest BCUT2D eigenvalue weighted by Gasteiger charge is -2.19. The first-order valence-electron chi connectivity index (χ1n) is 6.68. The van der Waals surface area contributed by atoms with Gasteiger partial charge in [0.2, 0.25) is 0 Å². The quantitative estimate of drug-likeness (QED) is 0.752. The summed E-state index contributed by atoms with van der Waals surface area (Å²) < 4.78 is 0. The van der Waals surface area contributed by atoms with Crippen molar-refractivity contribution in [1.29, 1.82) is 0 Å². The van der Waals surface area contributed by atoms with Crippen molar-refractivity contribution in [2.24, 2.45) is 11.8 Å². The maximum absolute atomic E-state index is 4.63. The monoisotopic (exact) mass is 254 g/mol. The molecular weight excluding hydrogens is 228 g/mol. The van der Waals surface area contributed by atoms with Gasteiger partial charge in [0.25, 0.3) is 0 Å². The lowest BCUT2D eigenvalue weighted by atomic mass is 9.93. The largest absolute Gasteiger partial charge is 0.316 e. The summed E-state index contributed by atoms with van der Waals surface area (Å²) in [6, 6.07) is 0. The second kappa shape index (κ2) is 7.12. The van der Waals surface area contributed by atoms with Gasteiger partial charge < -0.3 is 5.32 Å². The van der Waals surface area contributed by atoms with Crippen LogP contribution in [0.3, 0.4) is 0 Å². The van der Waals surface area contributed by atoms with Crippen LogP contribution in [0.4, 0.5) is 0 Å². The molecular formula is C14H26N2S. The normalized spacial score (nSPS) is 14.9. The third-order valence-corrected chi connectivity index (χ3v) is 4.53. The highest BCUT2D eigenvalue weighted by atomic mass is 32.1. The summed E-state index contributed by atoms with van der Waals surface area (Å²) in [5.74, 6) is 1.41. The molecule has 0 bridgehead atoms. The first kappa shape index (κ1) is 14.7. The van der Waals surface area contributed by atoms with E-state index in [1.807, 2.05) is 11.3 Å². The summed E-state index contributed by atoms with van der Waals surface area (Å²) in [7, 11) is 0. The molecule has 3 heteroatoms. The lowest BCUT2D eigenvalue weighted by molar-refractivity contribution is 0.365. The second-order valence-electron chi connectivity index (χ2n) is 5.11. The third kappa shape index (κ3) is 4.76. The van der Waals surface area contributed by atoms with Crippen LogP contribution in [0.2, 0.25) is 0 Å². The Morgan fingerprint density at radius 1 is 1.24 bits per heavy atom. The Labute approximate surface area is 110 Å². The highest BCUT2D eigenvalue weighted by molar-refractivity contribution is 7.11. The van der Waals surface area contributed by atoms with Crippen molar-refractivity contribution < 1.29 is 0 Å². The van der Waals surface area contributed by atoms with Gasteiger partial charge in [-0.05, 0) is 45.2 Å². The van der Waals surface area contributed by atoms with Crippen LogP contribution in [0.15, 0.2) is 0 Å². The van der Waals surface area contributed by atoms with E-state index in [9.17, 15) is 0 Å². The fourth-order valence-electron chi connectivity index (χ4n) is 1.81. The number of thiazole rings is 1. The summed E-state index contributed by atoms with van der Waals surface area (Å²) in [6.07, 6.45) is 2.33. The van der Waals surface area contributed by atoms with E-state index in [1.165, 1.54) is 22.0 Å². The molecule has 1 heterocycles. The molecule has 2 unspecified atom stereocenters. The molecule has 2 atom stereocenters. The molecule has 0 aliphatic heterocycles. The summed E-state index contributed by atoms with van der Waals surface area (Å²) >= 11 is 1.86. The predicted molar refractivity (Wildman–Crippen MR) is 76.8 cm³/mol. The van der Waals surface area contributed by atoms with Gasteiger partial charge >= 0.3 is 0 Å². The Hall–Kier alpha value is -0.410. The molecule has 0 radical (unpaired) electrons. The highest BCUT2D eigenvalue weighted by Gasteiger charge is 2.14. The molecule has 0 saturated carbocycles. The van der Waals surface area contributed by atoms with Crippen molar-refractivity contribution in [3.63, 3.8) is 0 Å². The van der Waals surface area contributed by atoms with Crippen LogP contribution in [-0.2, 0) is 6.42 Å². The Kier molecular flexibility index (Phi) is 6.14. The number of hydrogen-bond acceptors (Lipinski definition) is 3. The van der Waals surface area contributed by atoms with Crippen molar-refractivity contribution >= 4 is 11.3 Å². The van der Waals surface area contributed by atoms with Gasteiger partial charge in [-0.15, -0.1) is 11.3 Å². The van der Waals surface area contributed by atoms with Crippen molar-refractivity contribution in [3.8, 4) is 0 Å². The minimum absolute atomic E-state index is 0.698.